The largest absolute Gasteiger partial charge is 0.399 e. The molecule has 20 heavy (non-hydrogen) atoms. The van der Waals surface area contributed by atoms with Crippen molar-refractivity contribution in [3.8, 4) is 6.07 Å². The number of rotatable bonds is 2. The maximum atomic E-state index is 12.3. The summed E-state index contributed by atoms with van der Waals surface area (Å²) < 4.78 is 0. The van der Waals surface area contributed by atoms with Crippen LogP contribution in [0.1, 0.15) is 27.2 Å². The van der Waals surface area contributed by atoms with Gasteiger partial charge in [-0.1, -0.05) is 12.1 Å². The first-order valence-corrected chi connectivity index (χ1v) is 6.20. The SMILES string of the molecule is N#Cc1ncccc1CN1Cc2ccc(N)cc2C1=O. The van der Waals surface area contributed by atoms with Crippen LogP contribution in [0.25, 0.3) is 0 Å². The number of nitrogens with two attached hydrogens (primary N) is 1. The van der Waals surface area contributed by atoms with Crippen LogP contribution in [0.15, 0.2) is 36.5 Å². The second kappa shape index (κ2) is 4.67. The van der Waals surface area contributed by atoms with Gasteiger partial charge in [-0.2, -0.15) is 5.26 Å². The molecule has 0 saturated heterocycles. The van der Waals surface area contributed by atoms with Gasteiger partial charge in [0.05, 0.1) is 0 Å². The molecule has 0 unspecified atom stereocenters. The fourth-order valence-corrected chi connectivity index (χ4v) is 2.38. The predicted octanol–water partition coefficient (Wildman–Crippen LogP) is 1.69. The number of amides is 1. The molecule has 0 atom stereocenters. The molecule has 0 fully saturated rings. The van der Waals surface area contributed by atoms with Gasteiger partial charge in [-0.3, -0.25) is 4.79 Å². The lowest BCUT2D eigenvalue weighted by molar-refractivity contribution is 0.0766. The number of nitrogen functional groups attached to an aromatic ring is 1. The Bertz CT molecular complexity index is 733. The first-order chi connectivity index (χ1) is 9.69. The van der Waals surface area contributed by atoms with Crippen molar-refractivity contribution in [2.75, 3.05) is 5.73 Å². The summed E-state index contributed by atoms with van der Waals surface area (Å²) in [5, 5.41) is 9.04. The molecule has 1 aromatic carbocycles. The van der Waals surface area contributed by atoms with Gasteiger partial charge in [0.1, 0.15) is 11.8 Å². The summed E-state index contributed by atoms with van der Waals surface area (Å²) in [6.07, 6.45) is 1.57. The molecule has 5 heteroatoms. The minimum atomic E-state index is -0.0555. The van der Waals surface area contributed by atoms with E-state index in [-0.39, 0.29) is 5.91 Å². The third-order valence-electron chi connectivity index (χ3n) is 3.37. The summed E-state index contributed by atoms with van der Waals surface area (Å²) in [6, 6.07) is 11.0. The van der Waals surface area contributed by atoms with E-state index in [0.717, 1.165) is 11.1 Å². The van der Waals surface area contributed by atoms with Gasteiger partial charge in [0, 0.05) is 36.1 Å². The molecule has 0 spiro atoms. The maximum absolute atomic E-state index is 12.3. The number of nitriles is 1. The van der Waals surface area contributed by atoms with Crippen molar-refractivity contribution in [1.82, 2.24) is 9.88 Å². The molecule has 1 amide bonds. The molecule has 0 radical (unpaired) electrons. The second-order valence-corrected chi connectivity index (χ2v) is 4.70. The molecule has 1 aromatic heterocycles. The number of nitrogens with zero attached hydrogens (tertiary/aromatic N) is 3. The van der Waals surface area contributed by atoms with E-state index in [1.165, 1.54) is 0 Å². The number of hydrogen-bond donors (Lipinski definition) is 1. The molecule has 3 rings (SSSR count). The van der Waals surface area contributed by atoms with Crippen LogP contribution >= 0.6 is 0 Å². The third-order valence-corrected chi connectivity index (χ3v) is 3.37. The van der Waals surface area contributed by atoms with Crippen molar-refractivity contribution in [1.29, 1.82) is 5.26 Å². The van der Waals surface area contributed by atoms with E-state index >= 15 is 0 Å². The van der Waals surface area contributed by atoms with E-state index in [4.69, 9.17) is 11.0 Å². The van der Waals surface area contributed by atoms with E-state index in [2.05, 4.69) is 4.98 Å². The van der Waals surface area contributed by atoms with Crippen molar-refractivity contribution in [2.45, 2.75) is 13.1 Å². The maximum Gasteiger partial charge on any atom is 0.254 e. The molecular formula is C15H12N4O. The number of hydrogen-bond acceptors (Lipinski definition) is 4. The Morgan fingerprint density at radius 2 is 2.25 bits per heavy atom. The minimum Gasteiger partial charge on any atom is -0.399 e. The van der Waals surface area contributed by atoms with Crippen LogP contribution in [-0.2, 0) is 13.1 Å². The normalized spacial score (nSPS) is 13.2. The van der Waals surface area contributed by atoms with Gasteiger partial charge in [0.2, 0.25) is 0 Å². The Morgan fingerprint density at radius 3 is 3.05 bits per heavy atom. The molecule has 0 bridgehead atoms. The van der Waals surface area contributed by atoms with Crippen LogP contribution in [0.3, 0.4) is 0 Å². The standard InChI is InChI=1S/C15H12N4O/c16-7-14-11(2-1-5-18-14)9-19-8-10-3-4-12(17)6-13(10)15(19)20/h1-6H,8-9,17H2. The lowest BCUT2D eigenvalue weighted by Crippen LogP contribution is -2.23. The zero-order valence-electron chi connectivity index (χ0n) is 10.7. The lowest BCUT2D eigenvalue weighted by atomic mass is 10.1. The van der Waals surface area contributed by atoms with E-state index < -0.39 is 0 Å². The van der Waals surface area contributed by atoms with Crippen molar-refractivity contribution >= 4 is 11.6 Å². The monoisotopic (exact) mass is 264 g/mol. The van der Waals surface area contributed by atoms with Crippen LogP contribution in [0.5, 0.6) is 0 Å². The zero-order chi connectivity index (χ0) is 14.1. The van der Waals surface area contributed by atoms with E-state index in [1.54, 1.807) is 29.3 Å². The highest BCUT2D eigenvalue weighted by Gasteiger charge is 2.27. The highest BCUT2D eigenvalue weighted by atomic mass is 16.2. The Labute approximate surface area is 116 Å². The van der Waals surface area contributed by atoms with Crippen molar-refractivity contribution in [3.63, 3.8) is 0 Å². The molecular weight excluding hydrogens is 252 g/mol. The van der Waals surface area contributed by atoms with Crippen molar-refractivity contribution < 1.29 is 4.79 Å². The Kier molecular flexibility index (Phi) is 2.84. The number of pyridine rings is 1. The van der Waals surface area contributed by atoms with Crippen LogP contribution in [-0.4, -0.2) is 15.8 Å². The predicted molar refractivity (Wildman–Crippen MR) is 73.4 cm³/mol. The van der Waals surface area contributed by atoms with Gasteiger partial charge >= 0.3 is 0 Å². The smallest absolute Gasteiger partial charge is 0.254 e. The summed E-state index contributed by atoms with van der Waals surface area (Å²) in [5.74, 6) is -0.0555. The first-order valence-electron chi connectivity index (χ1n) is 6.20. The van der Waals surface area contributed by atoms with Gasteiger partial charge < -0.3 is 10.6 Å². The Morgan fingerprint density at radius 1 is 1.40 bits per heavy atom. The third kappa shape index (κ3) is 1.97. The first kappa shape index (κ1) is 12.2. The van der Waals surface area contributed by atoms with E-state index in [0.29, 0.717) is 30.0 Å². The molecule has 2 heterocycles. The average molecular weight is 264 g/mol. The van der Waals surface area contributed by atoms with Crippen LogP contribution in [0.2, 0.25) is 0 Å². The van der Waals surface area contributed by atoms with Crippen LogP contribution in [0.4, 0.5) is 5.69 Å². The molecule has 1 aliphatic rings. The average Bonchev–Trinajstić information content (AvgIpc) is 2.76. The summed E-state index contributed by atoms with van der Waals surface area (Å²) >= 11 is 0. The highest BCUT2D eigenvalue weighted by Crippen LogP contribution is 2.26. The highest BCUT2D eigenvalue weighted by molar-refractivity contribution is 5.99. The summed E-state index contributed by atoms with van der Waals surface area (Å²) in [4.78, 5) is 18.0. The fourth-order valence-electron chi connectivity index (χ4n) is 2.38. The second-order valence-electron chi connectivity index (χ2n) is 4.70. The molecule has 1 aliphatic heterocycles. The van der Waals surface area contributed by atoms with Gasteiger partial charge in [-0.15, -0.1) is 0 Å². The van der Waals surface area contributed by atoms with E-state index in [1.807, 2.05) is 18.2 Å². The number of aromatic nitrogens is 1. The van der Waals surface area contributed by atoms with Gasteiger partial charge in [0.15, 0.2) is 0 Å². The summed E-state index contributed by atoms with van der Waals surface area (Å²) in [7, 11) is 0. The summed E-state index contributed by atoms with van der Waals surface area (Å²) in [6.45, 7) is 0.915. The zero-order valence-corrected chi connectivity index (χ0v) is 10.7. The Balaban J connectivity index is 1.88. The van der Waals surface area contributed by atoms with Crippen LogP contribution in [0, 0.1) is 11.3 Å². The van der Waals surface area contributed by atoms with E-state index in [9.17, 15) is 4.79 Å². The molecule has 0 aliphatic carbocycles. The van der Waals surface area contributed by atoms with Gasteiger partial charge in [-0.25, -0.2) is 4.98 Å². The summed E-state index contributed by atoms with van der Waals surface area (Å²) in [5.41, 5.74) is 9.02. The fraction of sp³-hybridized carbons (Fsp3) is 0.133. The molecule has 5 nitrogen and oxygen atoms in total. The Hall–Kier alpha value is -2.87. The number of carbonyl (C=O) groups excluding carboxylic acids is 1. The van der Waals surface area contributed by atoms with Crippen molar-refractivity contribution in [3.05, 3.63) is 58.9 Å². The quantitative estimate of drug-likeness (QED) is 0.837. The minimum absolute atomic E-state index is 0.0555. The molecule has 0 saturated carbocycles. The number of carbonyl (C=O) groups is 1. The van der Waals surface area contributed by atoms with Crippen LogP contribution < -0.4 is 5.73 Å². The lowest BCUT2D eigenvalue weighted by Gasteiger charge is -2.15. The topological polar surface area (TPSA) is 83.0 Å². The molecule has 2 N–H and O–H groups in total. The number of benzene rings is 1. The number of fused-ring (bicyclic) bond motifs is 1. The van der Waals surface area contributed by atoms with Crippen molar-refractivity contribution in [2.24, 2.45) is 0 Å². The van der Waals surface area contributed by atoms with Gasteiger partial charge in [-0.05, 0) is 23.8 Å². The van der Waals surface area contributed by atoms with Gasteiger partial charge in [0.25, 0.3) is 5.91 Å². The molecule has 2 aromatic rings. The molecule has 98 valence electrons. The number of anilines is 1.